The van der Waals surface area contributed by atoms with Gasteiger partial charge in [-0.25, -0.2) is 9.36 Å². The predicted molar refractivity (Wildman–Crippen MR) is 96.3 cm³/mol. The molecule has 1 heterocycles. The van der Waals surface area contributed by atoms with Crippen LogP contribution in [0.15, 0.2) is 62.6 Å². The van der Waals surface area contributed by atoms with Gasteiger partial charge >= 0.3 is 5.69 Å². The van der Waals surface area contributed by atoms with Crippen molar-refractivity contribution in [3.8, 4) is 0 Å². The van der Waals surface area contributed by atoms with Crippen LogP contribution in [0.1, 0.15) is 13.0 Å². The van der Waals surface area contributed by atoms with Crippen molar-refractivity contribution in [2.75, 3.05) is 5.32 Å². The molecule has 1 aromatic heterocycles. The van der Waals surface area contributed by atoms with Crippen molar-refractivity contribution < 1.29 is 4.79 Å². The molecule has 24 heavy (non-hydrogen) atoms. The van der Waals surface area contributed by atoms with Crippen molar-refractivity contribution in [2.24, 2.45) is 0 Å². The Bertz CT molecular complexity index is 1040. The summed E-state index contributed by atoms with van der Waals surface area (Å²) in [6, 6.07) is 12.8. The average Bonchev–Trinajstić information content (AvgIpc) is 2.56. The van der Waals surface area contributed by atoms with Crippen LogP contribution in [0, 0.1) is 0 Å². The largest absolute Gasteiger partial charge is 0.329 e. The van der Waals surface area contributed by atoms with Crippen molar-refractivity contribution in [1.29, 1.82) is 0 Å². The Labute approximate surface area is 145 Å². The lowest BCUT2D eigenvalue weighted by Gasteiger charge is -2.15. The summed E-state index contributed by atoms with van der Waals surface area (Å²) in [6.45, 7) is 1.51. The summed E-state index contributed by atoms with van der Waals surface area (Å²) in [5.74, 6) is -0.454. The molecule has 0 aliphatic heterocycles. The van der Waals surface area contributed by atoms with Gasteiger partial charge in [-0.15, -0.1) is 0 Å². The number of amides is 1. The Hall–Kier alpha value is -2.67. The Morgan fingerprint density at radius 3 is 2.54 bits per heavy atom. The van der Waals surface area contributed by atoms with Crippen LogP contribution in [0.25, 0.3) is 10.9 Å². The lowest BCUT2D eigenvalue weighted by Crippen LogP contribution is -2.41. The maximum absolute atomic E-state index is 12.6. The number of para-hydroxylation sites is 2. The number of fused-ring (bicyclic) bond motifs is 1. The van der Waals surface area contributed by atoms with Crippen LogP contribution in [0.3, 0.4) is 0 Å². The van der Waals surface area contributed by atoms with E-state index in [9.17, 15) is 14.4 Å². The highest BCUT2D eigenvalue weighted by Gasteiger charge is 2.20. The van der Waals surface area contributed by atoms with E-state index in [2.05, 4.69) is 26.2 Å². The van der Waals surface area contributed by atoms with Gasteiger partial charge < -0.3 is 10.3 Å². The summed E-state index contributed by atoms with van der Waals surface area (Å²) in [5, 5.41) is 3.07. The van der Waals surface area contributed by atoms with Gasteiger partial charge in [0.1, 0.15) is 6.04 Å². The highest BCUT2D eigenvalue weighted by molar-refractivity contribution is 9.10. The van der Waals surface area contributed by atoms with E-state index in [1.165, 1.54) is 6.92 Å². The van der Waals surface area contributed by atoms with Crippen LogP contribution in [0.2, 0.25) is 0 Å². The van der Waals surface area contributed by atoms with Crippen LogP contribution in [0.4, 0.5) is 5.69 Å². The number of carbonyl (C=O) groups is 1. The van der Waals surface area contributed by atoms with Crippen LogP contribution in [0.5, 0.6) is 0 Å². The third-order valence-electron chi connectivity index (χ3n) is 3.74. The summed E-state index contributed by atoms with van der Waals surface area (Å²) < 4.78 is 1.64. The third kappa shape index (κ3) is 2.90. The minimum absolute atomic E-state index is 0.359. The molecule has 2 N–H and O–H groups in total. The fourth-order valence-corrected chi connectivity index (χ4v) is 2.83. The van der Waals surface area contributed by atoms with E-state index in [0.29, 0.717) is 21.1 Å². The monoisotopic (exact) mass is 387 g/mol. The number of nitrogens with zero attached hydrogens (tertiary/aromatic N) is 1. The number of anilines is 1. The molecule has 3 aromatic rings. The van der Waals surface area contributed by atoms with Crippen LogP contribution in [-0.2, 0) is 4.79 Å². The summed E-state index contributed by atoms with van der Waals surface area (Å²) in [5.41, 5.74) is -0.0978. The molecule has 0 aliphatic rings. The Balaban J connectivity index is 2.01. The van der Waals surface area contributed by atoms with Crippen molar-refractivity contribution in [3.63, 3.8) is 0 Å². The summed E-state index contributed by atoms with van der Waals surface area (Å²) in [6.07, 6.45) is 0. The van der Waals surface area contributed by atoms with Crippen LogP contribution in [-0.4, -0.2) is 15.5 Å². The topological polar surface area (TPSA) is 84.0 Å². The molecule has 122 valence electrons. The van der Waals surface area contributed by atoms with Crippen molar-refractivity contribution >= 4 is 38.4 Å². The zero-order valence-electron chi connectivity index (χ0n) is 12.7. The standard InChI is InChI=1S/C17H14BrN3O3/c1-10(15(22)19-14-9-5-3-7-12(14)18)21-16(23)11-6-2-4-8-13(11)20-17(21)24/h2-10H,1H3,(H,19,22)(H,20,24)/t10-/m1/s1. The highest BCUT2D eigenvalue weighted by Crippen LogP contribution is 2.22. The first kappa shape index (κ1) is 16.2. The zero-order valence-corrected chi connectivity index (χ0v) is 14.3. The second kappa shape index (κ2) is 6.45. The molecule has 2 aromatic carbocycles. The van der Waals surface area contributed by atoms with E-state index in [1.54, 1.807) is 42.5 Å². The minimum Gasteiger partial charge on any atom is -0.323 e. The number of hydrogen-bond acceptors (Lipinski definition) is 3. The molecular weight excluding hydrogens is 374 g/mol. The van der Waals surface area contributed by atoms with Crippen molar-refractivity contribution in [1.82, 2.24) is 9.55 Å². The van der Waals surface area contributed by atoms with E-state index in [4.69, 9.17) is 0 Å². The van der Waals surface area contributed by atoms with Crippen molar-refractivity contribution in [2.45, 2.75) is 13.0 Å². The van der Waals surface area contributed by atoms with Gasteiger partial charge in [0, 0.05) is 4.47 Å². The van der Waals surface area contributed by atoms with Gasteiger partial charge in [-0.3, -0.25) is 9.59 Å². The molecule has 0 fully saturated rings. The number of aromatic amines is 1. The van der Waals surface area contributed by atoms with E-state index < -0.39 is 23.2 Å². The molecule has 1 amide bonds. The van der Waals surface area contributed by atoms with Gasteiger partial charge in [-0.2, -0.15) is 0 Å². The van der Waals surface area contributed by atoms with Gasteiger partial charge in [0.2, 0.25) is 5.91 Å². The Kier molecular flexibility index (Phi) is 4.35. The predicted octanol–water partition coefficient (Wildman–Crippen LogP) is 2.65. The smallest absolute Gasteiger partial charge is 0.323 e. The number of hydrogen-bond donors (Lipinski definition) is 2. The normalized spacial score (nSPS) is 12.1. The fraction of sp³-hybridized carbons (Fsp3) is 0.118. The number of rotatable bonds is 3. The summed E-state index contributed by atoms with van der Waals surface area (Å²) in [7, 11) is 0. The second-order valence-corrected chi connectivity index (χ2v) is 6.15. The maximum Gasteiger partial charge on any atom is 0.329 e. The fourth-order valence-electron chi connectivity index (χ4n) is 2.44. The Morgan fingerprint density at radius 2 is 1.79 bits per heavy atom. The summed E-state index contributed by atoms with van der Waals surface area (Å²) >= 11 is 3.34. The molecule has 1 atom stereocenters. The van der Waals surface area contributed by atoms with Gasteiger partial charge in [0.15, 0.2) is 0 Å². The van der Waals surface area contributed by atoms with E-state index >= 15 is 0 Å². The maximum atomic E-state index is 12.6. The number of nitrogens with one attached hydrogen (secondary N) is 2. The molecule has 0 bridgehead atoms. The van der Waals surface area contributed by atoms with Crippen molar-refractivity contribution in [3.05, 3.63) is 73.8 Å². The van der Waals surface area contributed by atoms with Gasteiger partial charge in [0.05, 0.1) is 16.6 Å². The van der Waals surface area contributed by atoms with Gasteiger partial charge in [-0.05, 0) is 47.1 Å². The SMILES string of the molecule is C[C@H](C(=O)Nc1ccccc1Br)n1c(=O)[nH]c2ccccc2c1=O. The number of H-pyrrole nitrogens is 1. The number of carbonyl (C=O) groups excluding carboxylic acids is 1. The average molecular weight is 388 g/mol. The van der Waals surface area contributed by atoms with Crippen LogP contribution < -0.4 is 16.6 Å². The van der Waals surface area contributed by atoms with Gasteiger partial charge in [-0.1, -0.05) is 24.3 Å². The molecule has 7 heteroatoms. The van der Waals surface area contributed by atoms with Crippen LogP contribution >= 0.6 is 15.9 Å². The molecule has 0 radical (unpaired) electrons. The second-order valence-electron chi connectivity index (χ2n) is 5.30. The summed E-state index contributed by atoms with van der Waals surface area (Å²) in [4.78, 5) is 39.9. The molecule has 0 aliphatic carbocycles. The molecule has 0 spiro atoms. The number of aromatic nitrogens is 2. The van der Waals surface area contributed by atoms with E-state index in [1.807, 2.05) is 6.07 Å². The quantitative estimate of drug-likeness (QED) is 0.724. The number of benzene rings is 2. The van der Waals surface area contributed by atoms with Gasteiger partial charge in [0.25, 0.3) is 5.56 Å². The lowest BCUT2D eigenvalue weighted by molar-refractivity contribution is -0.119. The molecule has 6 nitrogen and oxygen atoms in total. The highest BCUT2D eigenvalue weighted by atomic mass is 79.9. The Morgan fingerprint density at radius 1 is 1.12 bits per heavy atom. The molecular formula is C17H14BrN3O3. The first-order valence-corrected chi connectivity index (χ1v) is 8.07. The zero-order chi connectivity index (χ0) is 17.3. The first-order chi connectivity index (χ1) is 11.5. The minimum atomic E-state index is -0.960. The van der Waals surface area contributed by atoms with E-state index in [0.717, 1.165) is 4.57 Å². The molecule has 0 saturated carbocycles. The number of halogens is 1. The first-order valence-electron chi connectivity index (χ1n) is 7.28. The molecule has 3 rings (SSSR count). The molecule has 0 saturated heterocycles. The van der Waals surface area contributed by atoms with E-state index in [-0.39, 0.29) is 0 Å². The third-order valence-corrected chi connectivity index (χ3v) is 4.43. The molecule has 0 unspecified atom stereocenters. The lowest BCUT2D eigenvalue weighted by atomic mass is 10.2.